The minimum Gasteiger partial charge on any atom is -0.480 e. The average molecular weight is 286 g/mol. The second-order valence-electron chi connectivity index (χ2n) is 5.88. The number of benzene rings is 1. The number of H-pyrrole nitrogens is 1. The van der Waals surface area contributed by atoms with E-state index < -0.39 is 12.0 Å². The topological polar surface area (TPSA) is 65.1 Å². The van der Waals surface area contributed by atoms with Crippen molar-refractivity contribution in [2.45, 2.75) is 45.2 Å². The van der Waals surface area contributed by atoms with Gasteiger partial charge in [0.25, 0.3) is 0 Å². The van der Waals surface area contributed by atoms with Crippen molar-refractivity contribution < 1.29 is 9.90 Å². The molecule has 0 unspecified atom stereocenters. The van der Waals surface area contributed by atoms with Crippen molar-refractivity contribution in [1.82, 2.24) is 10.3 Å². The number of aliphatic carboxylic acids is 1. The molecule has 1 aliphatic rings. The minimum atomic E-state index is -0.762. The number of aromatic amines is 1. The highest BCUT2D eigenvalue weighted by Gasteiger charge is 2.35. The highest BCUT2D eigenvalue weighted by atomic mass is 16.4. The van der Waals surface area contributed by atoms with Crippen LogP contribution >= 0.6 is 0 Å². The van der Waals surface area contributed by atoms with Gasteiger partial charge in [-0.15, -0.1) is 0 Å². The van der Waals surface area contributed by atoms with Crippen LogP contribution in [0.25, 0.3) is 10.9 Å². The maximum absolute atomic E-state index is 11.5. The highest BCUT2D eigenvalue weighted by molar-refractivity contribution is 5.86. The lowest BCUT2D eigenvalue weighted by atomic mass is 9.84. The van der Waals surface area contributed by atoms with E-state index in [-0.39, 0.29) is 6.04 Å². The second kappa shape index (κ2) is 5.53. The summed E-state index contributed by atoms with van der Waals surface area (Å²) in [5.41, 5.74) is 3.46. The number of carbonyl (C=O) groups is 1. The van der Waals surface area contributed by atoms with Gasteiger partial charge in [0.2, 0.25) is 0 Å². The molecule has 0 saturated carbocycles. The molecule has 3 rings (SSSR count). The lowest BCUT2D eigenvalue weighted by Crippen LogP contribution is -2.46. The number of nitrogens with one attached hydrogen (secondary N) is 2. The zero-order valence-corrected chi connectivity index (χ0v) is 12.5. The Morgan fingerprint density at radius 2 is 2.05 bits per heavy atom. The largest absolute Gasteiger partial charge is 0.480 e. The molecule has 2 atom stereocenters. The zero-order valence-electron chi connectivity index (χ0n) is 12.5. The average Bonchev–Trinajstić information content (AvgIpc) is 2.87. The van der Waals surface area contributed by atoms with Gasteiger partial charge in [-0.2, -0.15) is 0 Å². The minimum absolute atomic E-state index is 0.0947. The van der Waals surface area contributed by atoms with Crippen LogP contribution in [0.2, 0.25) is 0 Å². The lowest BCUT2D eigenvalue weighted by molar-refractivity contribution is -0.140. The number of carboxylic acid groups (broad SMARTS) is 1. The summed E-state index contributed by atoms with van der Waals surface area (Å²) in [5, 5.41) is 14.0. The van der Waals surface area contributed by atoms with Gasteiger partial charge >= 0.3 is 5.97 Å². The summed E-state index contributed by atoms with van der Waals surface area (Å²) in [4.78, 5) is 15.0. The first-order valence-corrected chi connectivity index (χ1v) is 7.74. The standard InChI is InChI=1S/C17H22N2O2/c1-3-10(4-2)15-16-12(9-14(19-15)17(20)21)11-7-5-6-8-13(11)18-16/h5-8,10,14-15,18-19H,3-4,9H2,1-2H3,(H,20,21)/t14-,15-/m1/s1. The highest BCUT2D eigenvalue weighted by Crippen LogP contribution is 2.37. The second-order valence-corrected chi connectivity index (χ2v) is 5.88. The quantitative estimate of drug-likeness (QED) is 0.808. The molecule has 2 heterocycles. The van der Waals surface area contributed by atoms with Gasteiger partial charge in [0.05, 0.1) is 6.04 Å². The molecule has 3 N–H and O–H groups in total. The Morgan fingerprint density at radius 1 is 1.33 bits per heavy atom. The van der Waals surface area contributed by atoms with Crippen LogP contribution in [0.4, 0.5) is 0 Å². The molecule has 4 nitrogen and oxygen atoms in total. The van der Waals surface area contributed by atoms with E-state index in [1.165, 1.54) is 11.3 Å². The summed E-state index contributed by atoms with van der Waals surface area (Å²) in [5.74, 6) is -0.319. The van der Waals surface area contributed by atoms with Crippen molar-refractivity contribution in [3.8, 4) is 0 Å². The molecule has 0 radical (unpaired) electrons. The van der Waals surface area contributed by atoms with Crippen LogP contribution in [0.1, 0.15) is 44.0 Å². The predicted molar refractivity (Wildman–Crippen MR) is 83.4 cm³/mol. The van der Waals surface area contributed by atoms with Crippen molar-refractivity contribution >= 4 is 16.9 Å². The van der Waals surface area contributed by atoms with Crippen molar-refractivity contribution in [3.63, 3.8) is 0 Å². The van der Waals surface area contributed by atoms with Gasteiger partial charge in [-0.3, -0.25) is 10.1 Å². The third-order valence-corrected chi connectivity index (χ3v) is 4.76. The van der Waals surface area contributed by atoms with Crippen LogP contribution < -0.4 is 5.32 Å². The summed E-state index contributed by atoms with van der Waals surface area (Å²) in [6.07, 6.45) is 2.62. The smallest absolute Gasteiger partial charge is 0.321 e. The molecule has 1 aromatic heterocycles. The Kier molecular flexibility index (Phi) is 3.72. The fraction of sp³-hybridized carbons (Fsp3) is 0.471. The molecule has 1 aromatic carbocycles. The van der Waals surface area contributed by atoms with Gasteiger partial charge in [-0.05, 0) is 17.5 Å². The van der Waals surface area contributed by atoms with Crippen molar-refractivity contribution in [2.24, 2.45) is 5.92 Å². The van der Waals surface area contributed by atoms with E-state index in [0.29, 0.717) is 12.3 Å². The van der Waals surface area contributed by atoms with Gasteiger partial charge in [0.1, 0.15) is 6.04 Å². The van der Waals surface area contributed by atoms with Crippen LogP contribution in [-0.4, -0.2) is 22.1 Å². The third kappa shape index (κ3) is 2.33. The molecule has 0 spiro atoms. The van der Waals surface area contributed by atoms with Crippen molar-refractivity contribution in [2.75, 3.05) is 0 Å². The number of hydrogen-bond donors (Lipinski definition) is 3. The first-order valence-electron chi connectivity index (χ1n) is 7.74. The lowest BCUT2D eigenvalue weighted by Gasteiger charge is -2.34. The molecule has 0 aliphatic carbocycles. The van der Waals surface area contributed by atoms with Crippen LogP contribution in [-0.2, 0) is 11.2 Å². The Hall–Kier alpha value is -1.81. The van der Waals surface area contributed by atoms with E-state index in [0.717, 1.165) is 23.7 Å². The molecule has 0 amide bonds. The molecule has 112 valence electrons. The molecular weight excluding hydrogens is 264 g/mol. The number of rotatable bonds is 4. The number of fused-ring (bicyclic) bond motifs is 3. The number of hydrogen-bond acceptors (Lipinski definition) is 2. The molecule has 0 saturated heterocycles. The Balaban J connectivity index is 2.13. The first kappa shape index (κ1) is 14.1. The summed E-state index contributed by atoms with van der Waals surface area (Å²) >= 11 is 0. The summed E-state index contributed by atoms with van der Waals surface area (Å²) in [6.45, 7) is 4.34. The third-order valence-electron chi connectivity index (χ3n) is 4.76. The predicted octanol–water partition coefficient (Wildman–Crippen LogP) is 3.24. The summed E-state index contributed by atoms with van der Waals surface area (Å²) < 4.78 is 0. The van der Waals surface area contributed by atoms with E-state index >= 15 is 0 Å². The van der Waals surface area contributed by atoms with Gasteiger partial charge in [0.15, 0.2) is 0 Å². The number of para-hydroxylation sites is 1. The van der Waals surface area contributed by atoms with Crippen LogP contribution in [0.15, 0.2) is 24.3 Å². The van der Waals surface area contributed by atoms with E-state index in [2.05, 4.69) is 36.3 Å². The Morgan fingerprint density at radius 3 is 2.71 bits per heavy atom. The molecule has 1 aliphatic heterocycles. The Bertz CT molecular complexity index is 658. The monoisotopic (exact) mass is 286 g/mol. The van der Waals surface area contributed by atoms with Gasteiger partial charge < -0.3 is 10.1 Å². The SMILES string of the molecule is CCC(CC)[C@H]1N[C@@H](C(=O)O)Cc2c1[nH]c1ccccc21. The maximum atomic E-state index is 11.5. The molecule has 21 heavy (non-hydrogen) atoms. The molecule has 0 fully saturated rings. The summed E-state index contributed by atoms with van der Waals surface area (Å²) in [7, 11) is 0. The zero-order chi connectivity index (χ0) is 15.0. The fourth-order valence-electron chi connectivity index (χ4n) is 3.56. The van der Waals surface area contributed by atoms with E-state index in [9.17, 15) is 9.90 Å². The van der Waals surface area contributed by atoms with Crippen molar-refractivity contribution in [1.29, 1.82) is 0 Å². The van der Waals surface area contributed by atoms with E-state index in [1.54, 1.807) is 0 Å². The first-order chi connectivity index (χ1) is 10.2. The summed E-state index contributed by atoms with van der Waals surface area (Å²) in [6, 6.07) is 7.77. The fourth-order valence-corrected chi connectivity index (χ4v) is 3.56. The van der Waals surface area contributed by atoms with Gasteiger partial charge in [-0.25, -0.2) is 0 Å². The molecule has 0 bridgehead atoms. The normalized spacial score (nSPS) is 21.7. The van der Waals surface area contributed by atoms with Gasteiger partial charge in [0, 0.05) is 23.0 Å². The maximum Gasteiger partial charge on any atom is 0.321 e. The number of aromatic nitrogens is 1. The van der Waals surface area contributed by atoms with Crippen molar-refractivity contribution in [3.05, 3.63) is 35.5 Å². The van der Waals surface area contributed by atoms with Crippen LogP contribution in [0.5, 0.6) is 0 Å². The molecule has 2 aromatic rings. The molecule has 4 heteroatoms. The molecular formula is C17H22N2O2. The van der Waals surface area contributed by atoms with E-state index in [1.807, 2.05) is 12.1 Å². The van der Waals surface area contributed by atoms with Crippen LogP contribution in [0, 0.1) is 5.92 Å². The van der Waals surface area contributed by atoms with Crippen LogP contribution in [0.3, 0.4) is 0 Å². The van der Waals surface area contributed by atoms with E-state index in [4.69, 9.17) is 0 Å². The number of carboxylic acids is 1. The Labute approximate surface area is 124 Å². The van der Waals surface area contributed by atoms with Gasteiger partial charge in [-0.1, -0.05) is 44.9 Å².